The van der Waals surface area contributed by atoms with Gasteiger partial charge in [0.15, 0.2) is 5.82 Å². The van der Waals surface area contributed by atoms with Crippen LogP contribution in [0.1, 0.15) is 0 Å². The number of hydrogen-bond acceptors (Lipinski definition) is 5. The average Bonchev–Trinajstić information content (AvgIpc) is 3.03. The van der Waals surface area contributed by atoms with E-state index in [-0.39, 0.29) is 16.5 Å². The van der Waals surface area contributed by atoms with E-state index in [1.54, 1.807) is 0 Å². The van der Waals surface area contributed by atoms with Gasteiger partial charge in [0.1, 0.15) is 11.5 Å². The zero-order valence-electron chi connectivity index (χ0n) is 13.2. The van der Waals surface area contributed by atoms with Crippen LogP contribution in [0.5, 0.6) is 11.5 Å². The van der Waals surface area contributed by atoms with E-state index in [1.807, 2.05) is 36.4 Å². The van der Waals surface area contributed by atoms with Gasteiger partial charge in [0.2, 0.25) is 0 Å². The van der Waals surface area contributed by atoms with Crippen molar-refractivity contribution < 1.29 is 10.2 Å². The van der Waals surface area contributed by atoms with Gasteiger partial charge in [0, 0.05) is 6.07 Å². The Balaban J connectivity index is 1.75. The van der Waals surface area contributed by atoms with Gasteiger partial charge in [-0.3, -0.25) is 0 Å². The summed E-state index contributed by atoms with van der Waals surface area (Å²) in [6.45, 7) is 0. The van der Waals surface area contributed by atoms with Gasteiger partial charge in [-0.05, 0) is 30.3 Å². The Morgan fingerprint density at radius 1 is 0.731 bits per heavy atom. The number of rotatable bonds is 1. The van der Waals surface area contributed by atoms with Crippen LogP contribution in [-0.2, 0) is 0 Å². The lowest BCUT2D eigenvalue weighted by molar-refractivity contribution is 0.452. The first-order chi connectivity index (χ1) is 12.6. The minimum atomic E-state index is -0.194. The largest absolute Gasteiger partial charge is 0.507 e. The van der Waals surface area contributed by atoms with E-state index in [0.717, 1.165) is 22.1 Å². The number of nitrogens with zero attached hydrogens (tertiary/aromatic N) is 3. The number of aromatic nitrogens is 4. The maximum absolute atomic E-state index is 10.1. The maximum atomic E-state index is 10.1. The number of aromatic hydroxyl groups is 2. The highest BCUT2D eigenvalue weighted by molar-refractivity contribution is 6.32. The first-order valence-electron chi connectivity index (χ1n) is 7.86. The molecule has 3 aromatic carbocycles. The molecule has 26 heavy (non-hydrogen) atoms. The van der Waals surface area contributed by atoms with Gasteiger partial charge in [-0.2, -0.15) is 0 Å². The molecule has 0 fully saturated rings. The van der Waals surface area contributed by atoms with Crippen molar-refractivity contribution in [2.45, 2.75) is 0 Å². The zero-order valence-corrected chi connectivity index (χ0v) is 14.0. The van der Waals surface area contributed by atoms with E-state index in [1.165, 1.54) is 12.1 Å². The minimum absolute atomic E-state index is 0.123. The van der Waals surface area contributed by atoms with Crippen LogP contribution in [0.2, 0.25) is 5.02 Å². The third-order valence-electron chi connectivity index (χ3n) is 4.27. The smallest absolute Gasteiger partial charge is 0.164 e. The lowest BCUT2D eigenvalue weighted by Gasteiger charge is -2.03. The molecule has 5 aromatic rings. The van der Waals surface area contributed by atoms with Crippen molar-refractivity contribution in [1.82, 2.24) is 19.9 Å². The van der Waals surface area contributed by atoms with Gasteiger partial charge in [-0.15, -0.1) is 0 Å². The lowest BCUT2D eigenvalue weighted by Crippen LogP contribution is -1.87. The van der Waals surface area contributed by atoms with Gasteiger partial charge in [0.05, 0.1) is 43.7 Å². The maximum Gasteiger partial charge on any atom is 0.164 e. The third-order valence-corrected chi connectivity index (χ3v) is 4.57. The predicted molar refractivity (Wildman–Crippen MR) is 100 cm³/mol. The van der Waals surface area contributed by atoms with E-state index in [9.17, 15) is 10.2 Å². The van der Waals surface area contributed by atoms with Crippen LogP contribution < -0.4 is 0 Å². The summed E-state index contributed by atoms with van der Waals surface area (Å²) < 4.78 is 0. The molecule has 7 heteroatoms. The second kappa shape index (κ2) is 5.31. The van der Waals surface area contributed by atoms with Crippen molar-refractivity contribution in [3.05, 3.63) is 53.6 Å². The van der Waals surface area contributed by atoms with Gasteiger partial charge < -0.3 is 15.2 Å². The number of para-hydroxylation sites is 2. The van der Waals surface area contributed by atoms with Crippen molar-refractivity contribution in [3.8, 4) is 22.9 Å². The Morgan fingerprint density at radius 3 is 2.35 bits per heavy atom. The number of aromatic amines is 1. The lowest BCUT2D eigenvalue weighted by atomic mass is 10.2. The number of fused-ring (bicyclic) bond motifs is 3. The molecule has 0 saturated heterocycles. The van der Waals surface area contributed by atoms with Crippen molar-refractivity contribution in [1.29, 1.82) is 0 Å². The molecule has 0 unspecified atom stereocenters. The van der Waals surface area contributed by atoms with Gasteiger partial charge >= 0.3 is 0 Å². The molecule has 3 N–H and O–H groups in total. The molecule has 0 bridgehead atoms. The van der Waals surface area contributed by atoms with Gasteiger partial charge in [-0.25, -0.2) is 15.0 Å². The fourth-order valence-corrected chi connectivity index (χ4v) is 3.16. The Hall–Kier alpha value is -3.38. The Bertz CT molecular complexity index is 1260. The quantitative estimate of drug-likeness (QED) is 0.384. The van der Waals surface area contributed by atoms with E-state index >= 15 is 0 Å². The topological polar surface area (TPSA) is 94.9 Å². The number of nitrogens with one attached hydrogen (secondary N) is 1. The number of phenols is 2. The monoisotopic (exact) mass is 362 g/mol. The molecule has 0 atom stereocenters. The molecule has 0 saturated carbocycles. The average molecular weight is 363 g/mol. The van der Waals surface area contributed by atoms with Crippen LogP contribution >= 0.6 is 11.6 Å². The van der Waals surface area contributed by atoms with Crippen molar-refractivity contribution in [2.75, 3.05) is 0 Å². The van der Waals surface area contributed by atoms with E-state index in [4.69, 9.17) is 11.6 Å². The molecule has 126 valence electrons. The van der Waals surface area contributed by atoms with Crippen LogP contribution in [0.4, 0.5) is 0 Å². The Labute approximate surface area is 151 Å². The highest BCUT2D eigenvalue weighted by Gasteiger charge is 2.15. The second-order valence-electron chi connectivity index (χ2n) is 5.98. The molecule has 0 radical (unpaired) electrons. The molecular formula is C19H11ClN4O2. The summed E-state index contributed by atoms with van der Waals surface area (Å²) in [7, 11) is 0. The first kappa shape index (κ1) is 14.9. The van der Waals surface area contributed by atoms with Gasteiger partial charge in [-0.1, -0.05) is 23.7 Å². The minimum Gasteiger partial charge on any atom is -0.507 e. The number of H-pyrrole nitrogens is 1. The summed E-state index contributed by atoms with van der Waals surface area (Å²) in [6.07, 6.45) is 0. The first-order valence-corrected chi connectivity index (χ1v) is 8.24. The van der Waals surface area contributed by atoms with Crippen LogP contribution in [0.25, 0.3) is 44.5 Å². The van der Waals surface area contributed by atoms with Crippen molar-refractivity contribution in [3.63, 3.8) is 0 Å². The molecule has 5 rings (SSSR count). The van der Waals surface area contributed by atoms with Crippen molar-refractivity contribution >= 4 is 44.7 Å². The summed E-state index contributed by atoms with van der Waals surface area (Å²) in [5.74, 6) is 0.00158. The summed E-state index contributed by atoms with van der Waals surface area (Å²) in [6, 6.07) is 14.1. The molecule has 0 amide bonds. The molecule has 0 aliphatic carbocycles. The highest BCUT2D eigenvalue weighted by atomic mass is 35.5. The van der Waals surface area contributed by atoms with E-state index < -0.39 is 0 Å². The SMILES string of the molecule is Oc1cc(O)c(-c2nc3cc4nc5ccccc5[nH]c4cc3n2)cc1Cl. The number of halogens is 1. The molecule has 2 heterocycles. The molecular weight excluding hydrogens is 352 g/mol. The third kappa shape index (κ3) is 2.23. The fourth-order valence-electron chi connectivity index (χ4n) is 2.99. The second-order valence-corrected chi connectivity index (χ2v) is 6.39. The normalized spacial score (nSPS) is 11.6. The molecule has 2 aromatic heterocycles. The summed E-state index contributed by atoms with van der Waals surface area (Å²) in [4.78, 5) is 17.0. The molecule has 0 aliphatic heterocycles. The van der Waals surface area contributed by atoms with Crippen LogP contribution in [0.3, 0.4) is 0 Å². The summed E-state index contributed by atoms with van der Waals surface area (Å²) in [5.41, 5.74) is 5.10. The zero-order chi connectivity index (χ0) is 17.8. The number of benzene rings is 3. The summed E-state index contributed by atoms with van der Waals surface area (Å²) >= 11 is 5.95. The van der Waals surface area contributed by atoms with Crippen LogP contribution in [0, 0.1) is 0 Å². The molecule has 0 spiro atoms. The van der Waals surface area contributed by atoms with Crippen LogP contribution in [-0.4, -0.2) is 30.1 Å². The number of imidazole rings is 1. The van der Waals surface area contributed by atoms with Crippen molar-refractivity contribution in [2.24, 2.45) is 0 Å². The predicted octanol–water partition coefficient (Wildman–Crippen LogP) is 4.39. The highest BCUT2D eigenvalue weighted by Crippen LogP contribution is 2.37. The Morgan fingerprint density at radius 2 is 1.50 bits per heavy atom. The summed E-state index contributed by atoms with van der Waals surface area (Å²) in [5, 5.41) is 19.8. The van der Waals surface area contributed by atoms with E-state index in [0.29, 0.717) is 22.4 Å². The van der Waals surface area contributed by atoms with Gasteiger partial charge in [0.25, 0.3) is 0 Å². The Kier molecular flexibility index (Phi) is 3.05. The molecule has 0 aliphatic rings. The standard InChI is InChI=1S/C19H11ClN4O2/c20-10-5-9(17(25)8-18(10)26)19-23-15-6-13-14(7-16(15)24-19)22-12-4-2-1-3-11(12)21-13/h1-8,21,25-26H. The number of phenolic OH excluding ortho intramolecular Hbond substituents is 2. The fraction of sp³-hybridized carbons (Fsp3) is 0. The number of hydrogen-bond donors (Lipinski definition) is 3. The van der Waals surface area contributed by atoms with Crippen LogP contribution in [0.15, 0.2) is 48.5 Å². The van der Waals surface area contributed by atoms with E-state index in [2.05, 4.69) is 19.9 Å². The molecule has 6 nitrogen and oxygen atoms in total.